The number of hydrogen-bond acceptors (Lipinski definition) is 2. The van der Waals surface area contributed by atoms with Gasteiger partial charge in [0, 0.05) is 15.8 Å². The third-order valence-electron chi connectivity index (χ3n) is 0.905. The first-order valence-corrected chi connectivity index (χ1v) is 3.64. The number of nitriles is 1. The second-order valence-corrected chi connectivity index (χ2v) is 2.68. The molecule has 0 fully saturated rings. The van der Waals surface area contributed by atoms with E-state index in [1.165, 1.54) is 0 Å². The fourth-order valence-corrected chi connectivity index (χ4v) is 0.862. The molecular formula is C7H7IN2. The number of rotatable bonds is 0. The average Bonchev–Trinajstić information content (AvgIpc) is 2.00. The van der Waals surface area contributed by atoms with Crippen molar-refractivity contribution < 1.29 is 0 Å². The van der Waals surface area contributed by atoms with Crippen LogP contribution in [0.25, 0.3) is 0 Å². The lowest BCUT2D eigenvalue weighted by molar-refractivity contribution is 1.58. The van der Waals surface area contributed by atoms with Crippen molar-refractivity contribution in [3.05, 3.63) is 27.8 Å². The third kappa shape index (κ3) is 2.69. The van der Waals surface area contributed by atoms with Gasteiger partial charge in [-0.2, -0.15) is 0 Å². The van der Waals surface area contributed by atoms with Crippen LogP contribution in [0.15, 0.2) is 24.3 Å². The molecule has 0 aliphatic carbocycles. The highest BCUT2D eigenvalue weighted by Crippen LogP contribution is 2.11. The number of nitrogens with zero attached hydrogens (tertiary/aromatic N) is 1. The van der Waals surface area contributed by atoms with Crippen LogP contribution in [0.5, 0.6) is 0 Å². The second-order valence-electron chi connectivity index (χ2n) is 1.52. The van der Waals surface area contributed by atoms with Crippen LogP contribution in [0, 0.1) is 15.4 Å². The molecule has 0 aliphatic rings. The maximum absolute atomic E-state index is 6.50. The quantitative estimate of drug-likeness (QED) is 0.562. The van der Waals surface area contributed by atoms with Gasteiger partial charge in [0.2, 0.25) is 0 Å². The van der Waals surface area contributed by atoms with Gasteiger partial charge in [0.25, 0.3) is 0 Å². The summed E-state index contributed by atoms with van der Waals surface area (Å²) in [5, 5.41) is 6.50. The van der Waals surface area contributed by atoms with Gasteiger partial charge in [-0.15, -0.1) is 0 Å². The monoisotopic (exact) mass is 246 g/mol. The van der Waals surface area contributed by atoms with Crippen molar-refractivity contribution in [1.82, 2.24) is 0 Å². The van der Waals surface area contributed by atoms with Crippen LogP contribution in [0.2, 0.25) is 0 Å². The number of hydrogen-bond donors (Lipinski definition) is 1. The van der Waals surface area contributed by atoms with Gasteiger partial charge < -0.3 is 5.73 Å². The van der Waals surface area contributed by atoms with Gasteiger partial charge in [-0.25, -0.2) is 5.26 Å². The Morgan fingerprint density at radius 2 is 1.80 bits per heavy atom. The summed E-state index contributed by atoms with van der Waals surface area (Å²) < 4.78 is 1.12. The van der Waals surface area contributed by atoms with E-state index in [0.29, 0.717) is 0 Å². The molecule has 0 atom stereocenters. The van der Waals surface area contributed by atoms with Gasteiger partial charge in [-0.1, -0.05) is 12.1 Å². The maximum atomic E-state index is 6.50. The fraction of sp³-hybridized carbons (Fsp3) is 0. The van der Waals surface area contributed by atoms with E-state index in [-0.39, 0.29) is 0 Å². The molecular weight excluding hydrogens is 239 g/mol. The lowest BCUT2D eigenvalue weighted by atomic mass is 10.3. The van der Waals surface area contributed by atoms with Crippen molar-refractivity contribution in [2.24, 2.45) is 0 Å². The lowest BCUT2D eigenvalue weighted by Gasteiger charge is -1.91. The molecule has 1 rings (SSSR count). The molecule has 2 N–H and O–H groups in total. The summed E-state index contributed by atoms with van der Waals surface area (Å²) in [5.74, 6) is 0. The van der Waals surface area contributed by atoms with E-state index in [2.05, 4.69) is 29.2 Å². The van der Waals surface area contributed by atoms with E-state index in [9.17, 15) is 0 Å². The number of anilines is 1. The summed E-state index contributed by atoms with van der Waals surface area (Å²) in [6.07, 6.45) is 0. The maximum Gasteiger partial charge on any atom is 0.0462 e. The Kier molecular flexibility index (Phi) is 4.67. The zero-order chi connectivity index (χ0) is 7.98. The number of para-hydroxylation sites is 1. The minimum Gasteiger partial charge on any atom is -0.398 e. The molecule has 3 heteroatoms. The van der Waals surface area contributed by atoms with Crippen LogP contribution < -0.4 is 5.73 Å². The van der Waals surface area contributed by atoms with Crippen LogP contribution in [0.3, 0.4) is 0 Å². The Balaban J connectivity index is 0.000000371. The Hall–Kier alpha value is -0.760. The molecule has 52 valence electrons. The number of nitrogens with two attached hydrogens (primary N) is 1. The van der Waals surface area contributed by atoms with Crippen LogP contribution in [0.1, 0.15) is 0 Å². The van der Waals surface area contributed by atoms with Gasteiger partial charge in [0.1, 0.15) is 0 Å². The molecule has 2 nitrogen and oxygen atoms in total. The molecule has 0 aromatic heterocycles. The molecule has 0 unspecified atom stereocenters. The van der Waals surface area contributed by atoms with Crippen LogP contribution in [-0.2, 0) is 0 Å². The van der Waals surface area contributed by atoms with Crippen molar-refractivity contribution in [2.75, 3.05) is 5.73 Å². The van der Waals surface area contributed by atoms with Crippen LogP contribution in [0.4, 0.5) is 5.69 Å². The Bertz CT molecular complexity index is 199. The normalized spacial score (nSPS) is 7.50. The highest BCUT2D eigenvalue weighted by atomic mass is 127. The minimum absolute atomic E-state index is 0.855. The first-order chi connectivity index (χ1) is 4.80. The highest BCUT2D eigenvalue weighted by molar-refractivity contribution is 14.1. The zero-order valence-corrected chi connectivity index (χ0v) is 7.45. The fourth-order valence-electron chi connectivity index (χ4n) is 0.475. The van der Waals surface area contributed by atoms with Gasteiger partial charge in [-0.3, -0.25) is 0 Å². The van der Waals surface area contributed by atoms with Crippen molar-refractivity contribution in [1.29, 1.82) is 5.26 Å². The molecule has 10 heavy (non-hydrogen) atoms. The molecule has 0 bridgehead atoms. The largest absolute Gasteiger partial charge is 0.398 e. The van der Waals surface area contributed by atoms with E-state index in [1.807, 2.05) is 24.3 Å². The van der Waals surface area contributed by atoms with E-state index < -0.39 is 0 Å². The standard InChI is InChI=1S/C6H6IN.CHN/c7-5-3-1-2-4-6(5)8;1-2/h1-4H,8H2;1H. The van der Waals surface area contributed by atoms with E-state index in [0.717, 1.165) is 9.26 Å². The third-order valence-corrected chi connectivity index (χ3v) is 1.89. The predicted octanol–water partition coefficient (Wildman–Crippen LogP) is 2.01. The SMILES string of the molecule is C#N.Nc1ccccc1I. The molecule has 1 aromatic rings. The molecule has 0 radical (unpaired) electrons. The predicted molar refractivity (Wildman–Crippen MR) is 50.2 cm³/mol. The Morgan fingerprint density at radius 1 is 1.30 bits per heavy atom. The zero-order valence-electron chi connectivity index (χ0n) is 5.29. The summed E-state index contributed by atoms with van der Waals surface area (Å²) in [5.41, 5.74) is 6.37. The molecule has 0 spiro atoms. The summed E-state index contributed by atoms with van der Waals surface area (Å²) >= 11 is 2.20. The smallest absolute Gasteiger partial charge is 0.0462 e. The van der Waals surface area contributed by atoms with Gasteiger partial charge in [0.05, 0.1) is 0 Å². The van der Waals surface area contributed by atoms with Gasteiger partial charge >= 0.3 is 0 Å². The van der Waals surface area contributed by atoms with Crippen molar-refractivity contribution >= 4 is 28.3 Å². The van der Waals surface area contributed by atoms with Crippen LogP contribution >= 0.6 is 22.6 Å². The number of nitrogen functional groups attached to an aromatic ring is 1. The van der Waals surface area contributed by atoms with E-state index in [4.69, 9.17) is 11.0 Å². The minimum atomic E-state index is 0.855. The summed E-state index contributed by atoms with van der Waals surface area (Å²) in [6.45, 7) is 3.50. The summed E-state index contributed by atoms with van der Waals surface area (Å²) in [7, 11) is 0. The molecule has 0 saturated carbocycles. The van der Waals surface area contributed by atoms with Crippen LogP contribution in [-0.4, -0.2) is 0 Å². The first kappa shape index (κ1) is 9.24. The van der Waals surface area contributed by atoms with Gasteiger partial charge in [0.15, 0.2) is 0 Å². The topological polar surface area (TPSA) is 49.8 Å². The van der Waals surface area contributed by atoms with Crippen molar-refractivity contribution in [3.63, 3.8) is 0 Å². The number of benzene rings is 1. The number of halogens is 1. The Labute approximate surface area is 73.8 Å². The molecule has 0 saturated heterocycles. The summed E-state index contributed by atoms with van der Waals surface area (Å²) in [4.78, 5) is 0. The highest BCUT2D eigenvalue weighted by Gasteiger charge is 1.86. The second kappa shape index (κ2) is 5.06. The molecule has 0 aliphatic heterocycles. The average molecular weight is 246 g/mol. The van der Waals surface area contributed by atoms with E-state index in [1.54, 1.807) is 0 Å². The first-order valence-electron chi connectivity index (χ1n) is 2.56. The van der Waals surface area contributed by atoms with Crippen molar-refractivity contribution in [2.45, 2.75) is 0 Å². The van der Waals surface area contributed by atoms with Crippen molar-refractivity contribution in [3.8, 4) is 6.57 Å². The van der Waals surface area contributed by atoms with Gasteiger partial charge in [-0.05, 0) is 34.7 Å². The molecule has 1 aromatic carbocycles. The van der Waals surface area contributed by atoms with E-state index >= 15 is 0 Å². The molecule has 0 heterocycles. The summed E-state index contributed by atoms with van der Waals surface area (Å²) in [6, 6.07) is 7.77. The Morgan fingerprint density at radius 3 is 2.10 bits per heavy atom. The lowest BCUT2D eigenvalue weighted by Crippen LogP contribution is -1.85. The molecule has 0 amide bonds.